The summed E-state index contributed by atoms with van der Waals surface area (Å²) in [6, 6.07) is 13.0. The van der Waals surface area contributed by atoms with E-state index in [0.29, 0.717) is 5.02 Å². The minimum atomic E-state index is -1.10. The second-order valence-corrected chi connectivity index (χ2v) is 8.82. The Morgan fingerprint density at radius 3 is 2.48 bits per heavy atom. The predicted octanol–water partition coefficient (Wildman–Crippen LogP) is 3.45. The van der Waals surface area contributed by atoms with Crippen LogP contribution in [-0.4, -0.2) is 25.2 Å². The number of nitrogens with zero attached hydrogens (tertiary/aromatic N) is 3. The second kappa shape index (κ2) is 9.62. The number of anilines is 2. The van der Waals surface area contributed by atoms with Gasteiger partial charge in [0.05, 0.1) is 12.5 Å². The highest BCUT2D eigenvalue weighted by Crippen LogP contribution is 2.25. The van der Waals surface area contributed by atoms with Crippen LogP contribution in [-0.2, 0) is 30.7 Å². The van der Waals surface area contributed by atoms with E-state index in [4.69, 9.17) is 11.6 Å². The Bertz CT molecular complexity index is 1300. The number of benzene rings is 2. The first-order chi connectivity index (χ1) is 15.8. The molecule has 1 heterocycles. The number of hydrogen-bond acceptors (Lipinski definition) is 5. The molecule has 0 amide bonds. The van der Waals surface area contributed by atoms with Crippen molar-refractivity contribution in [1.29, 1.82) is 0 Å². The molecule has 0 saturated carbocycles. The molecule has 8 nitrogen and oxygen atoms in total. The third-order valence-corrected chi connectivity index (χ3v) is 6.14. The molecular formula is C24H25ClN4O4. The van der Waals surface area contributed by atoms with Crippen molar-refractivity contribution in [3.63, 3.8) is 0 Å². The molecule has 1 atom stereocenters. The van der Waals surface area contributed by atoms with Crippen LogP contribution in [0.1, 0.15) is 36.5 Å². The minimum Gasteiger partial charge on any atom is -0.481 e. The molecule has 0 bridgehead atoms. The van der Waals surface area contributed by atoms with E-state index in [9.17, 15) is 19.5 Å². The zero-order chi connectivity index (χ0) is 23.5. The van der Waals surface area contributed by atoms with E-state index in [-0.39, 0.29) is 19.0 Å². The fourth-order valence-corrected chi connectivity index (χ4v) is 4.11. The maximum atomic E-state index is 13.3. The number of hydrogen-bond donors (Lipinski definition) is 2. The number of carbonyl (C=O) groups is 1. The number of aromatic nitrogens is 3. The quantitative estimate of drug-likeness (QED) is 0.550. The normalized spacial score (nSPS) is 13.9. The number of halogens is 1. The van der Waals surface area contributed by atoms with Gasteiger partial charge < -0.3 is 10.4 Å². The highest BCUT2D eigenvalue weighted by Gasteiger charge is 2.19. The number of nitrogens with one attached hydrogen (secondary N) is 1. The lowest BCUT2D eigenvalue weighted by Crippen LogP contribution is -2.44. The van der Waals surface area contributed by atoms with Crippen LogP contribution in [0.25, 0.3) is 0 Å². The highest BCUT2D eigenvalue weighted by atomic mass is 35.5. The maximum absolute atomic E-state index is 13.3. The van der Waals surface area contributed by atoms with Crippen molar-refractivity contribution < 1.29 is 9.90 Å². The van der Waals surface area contributed by atoms with Gasteiger partial charge in [-0.05, 0) is 66.6 Å². The van der Waals surface area contributed by atoms with Crippen LogP contribution < -0.4 is 16.7 Å². The summed E-state index contributed by atoms with van der Waals surface area (Å²) in [7, 11) is 0. The molecule has 2 aromatic carbocycles. The fourth-order valence-electron chi connectivity index (χ4n) is 3.99. The van der Waals surface area contributed by atoms with Gasteiger partial charge >= 0.3 is 17.3 Å². The zero-order valence-electron chi connectivity index (χ0n) is 18.3. The summed E-state index contributed by atoms with van der Waals surface area (Å²) in [5, 5.41) is 12.9. The van der Waals surface area contributed by atoms with E-state index in [0.717, 1.165) is 35.1 Å². The molecule has 1 aromatic heterocycles. The summed E-state index contributed by atoms with van der Waals surface area (Å²) in [4.78, 5) is 41.4. The van der Waals surface area contributed by atoms with E-state index in [1.165, 1.54) is 29.0 Å². The zero-order valence-corrected chi connectivity index (χ0v) is 19.0. The Hall–Kier alpha value is -3.39. The summed E-state index contributed by atoms with van der Waals surface area (Å²) in [5.74, 6) is -1.91. The highest BCUT2D eigenvalue weighted by molar-refractivity contribution is 6.30. The number of rotatable bonds is 7. The fraction of sp³-hybridized carbons (Fsp3) is 0.333. The average Bonchev–Trinajstić information content (AvgIpc) is 2.80. The van der Waals surface area contributed by atoms with Crippen LogP contribution in [0, 0.1) is 5.92 Å². The van der Waals surface area contributed by atoms with Gasteiger partial charge in [0.15, 0.2) is 0 Å². The van der Waals surface area contributed by atoms with Crippen LogP contribution in [0.15, 0.2) is 52.1 Å². The number of carboxylic acids is 1. The molecule has 0 saturated heterocycles. The van der Waals surface area contributed by atoms with E-state index < -0.39 is 23.3 Å². The van der Waals surface area contributed by atoms with Gasteiger partial charge in [-0.15, -0.1) is 0 Å². The first kappa shape index (κ1) is 22.8. The van der Waals surface area contributed by atoms with E-state index in [1.807, 2.05) is 12.1 Å². The van der Waals surface area contributed by atoms with Crippen molar-refractivity contribution in [2.45, 2.75) is 45.7 Å². The standard InChI is InChI=1S/C24H25ClN4O4/c1-15(21(30)31)13-29-23(32)27-22(26-20-11-8-17-4-2-3-5-18(17)12-20)28(24(29)33)14-16-6-9-19(25)10-7-16/h6-12,15H,2-5,13-14H2,1H3,(H,30,31)(H,26,27,32)/t15-/m0/s1. The minimum absolute atomic E-state index is 0.106. The number of aliphatic carboxylic acids is 1. The van der Waals surface area contributed by atoms with Crippen molar-refractivity contribution >= 4 is 29.2 Å². The monoisotopic (exact) mass is 468 g/mol. The van der Waals surface area contributed by atoms with E-state index in [2.05, 4.69) is 16.4 Å². The van der Waals surface area contributed by atoms with Crippen molar-refractivity contribution in [2.24, 2.45) is 5.92 Å². The van der Waals surface area contributed by atoms with Crippen molar-refractivity contribution in [3.05, 3.63) is 85.1 Å². The van der Waals surface area contributed by atoms with Crippen LogP contribution in [0.2, 0.25) is 5.02 Å². The lowest BCUT2D eigenvalue weighted by atomic mass is 9.91. The Labute approximate surface area is 195 Å². The molecule has 0 unspecified atom stereocenters. The smallest absolute Gasteiger partial charge is 0.354 e. The third kappa shape index (κ3) is 5.17. The van der Waals surface area contributed by atoms with Gasteiger partial charge in [-0.25, -0.2) is 14.2 Å². The largest absolute Gasteiger partial charge is 0.481 e. The molecule has 0 fully saturated rings. The Kier molecular flexibility index (Phi) is 6.65. The molecule has 33 heavy (non-hydrogen) atoms. The second-order valence-electron chi connectivity index (χ2n) is 8.38. The first-order valence-corrected chi connectivity index (χ1v) is 11.3. The van der Waals surface area contributed by atoms with Gasteiger partial charge in [-0.2, -0.15) is 4.98 Å². The number of carboxylic acid groups (broad SMARTS) is 1. The Morgan fingerprint density at radius 2 is 1.79 bits per heavy atom. The molecule has 1 aliphatic rings. The first-order valence-electron chi connectivity index (χ1n) is 10.9. The van der Waals surface area contributed by atoms with Gasteiger partial charge in [-0.1, -0.05) is 36.7 Å². The lowest BCUT2D eigenvalue weighted by molar-refractivity contribution is -0.141. The number of fused-ring (bicyclic) bond motifs is 1. The van der Waals surface area contributed by atoms with Crippen LogP contribution in [0.3, 0.4) is 0 Å². The summed E-state index contributed by atoms with van der Waals surface area (Å²) in [6.45, 7) is 1.31. The van der Waals surface area contributed by atoms with E-state index >= 15 is 0 Å². The van der Waals surface area contributed by atoms with Crippen LogP contribution in [0.5, 0.6) is 0 Å². The lowest BCUT2D eigenvalue weighted by Gasteiger charge is -2.19. The van der Waals surface area contributed by atoms with Gasteiger partial charge in [0.1, 0.15) is 0 Å². The maximum Gasteiger partial charge on any atom is 0.354 e. The van der Waals surface area contributed by atoms with Crippen LogP contribution in [0.4, 0.5) is 11.6 Å². The molecule has 3 aromatic rings. The van der Waals surface area contributed by atoms with Gasteiger partial charge in [0.2, 0.25) is 5.95 Å². The summed E-state index contributed by atoms with van der Waals surface area (Å²) in [5.41, 5.74) is 2.68. The molecule has 1 aliphatic carbocycles. The van der Waals surface area contributed by atoms with Gasteiger partial charge in [-0.3, -0.25) is 9.36 Å². The van der Waals surface area contributed by atoms with Crippen molar-refractivity contribution in [2.75, 3.05) is 5.32 Å². The average molecular weight is 469 g/mol. The molecule has 0 radical (unpaired) electrons. The van der Waals surface area contributed by atoms with Crippen molar-refractivity contribution in [3.8, 4) is 0 Å². The molecule has 0 aliphatic heterocycles. The predicted molar refractivity (Wildman–Crippen MR) is 126 cm³/mol. The summed E-state index contributed by atoms with van der Waals surface area (Å²) >= 11 is 5.98. The molecule has 9 heteroatoms. The number of aryl methyl sites for hydroxylation is 2. The molecular weight excluding hydrogens is 444 g/mol. The third-order valence-electron chi connectivity index (χ3n) is 5.89. The van der Waals surface area contributed by atoms with Gasteiger partial charge in [0, 0.05) is 17.3 Å². The Morgan fingerprint density at radius 1 is 1.09 bits per heavy atom. The van der Waals surface area contributed by atoms with Crippen LogP contribution >= 0.6 is 11.6 Å². The molecule has 4 rings (SSSR count). The van der Waals surface area contributed by atoms with E-state index in [1.54, 1.807) is 24.3 Å². The molecule has 2 N–H and O–H groups in total. The topological polar surface area (TPSA) is 106 Å². The molecule has 0 spiro atoms. The Balaban J connectivity index is 1.76. The summed E-state index contributed by atoms with van der Waals surface area (Å²) in [6.07, 6.45) is 4.35. The van der Waals surface area contributed by atoms with Crippen molar-refractivity contribution in [1.82, 2.24) is 14.1 Å². The summed E-state index contributed by atoms with van der Waals surface area (Å²) < 4.78 is 2.21. The SMILES string of the molecule is C[C@@H](Cn1c(=O)nc(Nc2ccc3c(c2)CCCC3)n(Cc2ccc(Cl)cc2)c1=O)C(=O)O. The van der Waals surface area contributed by atoms with Gasteiger partial charge in [0.25, 0.3) is 0 Å². The molecule has 172 valence electrons.